The van der Waals surface area contributed by atoms with E-state index >= 15 is 0 Å². The van der Waals surface area contributed by atoms with E-state index in [1.807, 2.05) is 6.92 Å². The number of aryl methyl sites for hydroxylation is 2. The van der Waals surface area contributed by atoms with E-state index in [9.17, 15) is 0 Å². The molecule has 7 nitrogen and oxygen atoms in total. The summed E-state index contributed by atoms with van der Waals surface area (Å²) in [5.41, 5.74) is 1.27. The standard InChI is InChI=1S/C19H26N6O/c1-3-20-19(22-12-9-18-23-15(2)24-26-18)21-11-6-13-25-14-10-16-7-4-5-8-17(16)25/h4-5,7-8,10,14H,3,6,9,11-13H2,1-2H3,(H2,20,21,22). The number of hydrogen-bond acceptors (Lipinski definition) is 4. The van der Waals surface area contributed by atoms with Crippen LogP contribution in [0.2, 0.25) is 0 Å². The van der Waals surface area contributed by atoms with Crippen molar-refractivity contribution in [1.82, 2.24) is 25.3 Å². The van der Waals surface area contributed by atoms with Crippen molar-refractivity contribution in [3.63, 3.8) is 0 Å². The monoisotopic (exact) mass is 354 g/mol. The molecule has 26 heavy (non-hydrogen) atoms. The van der Waals surface area contributed by atoms with Gasteiger partial charge >= 0.3 is 0 Å². The van der Waals surface area contributed by atoms with Gasteiger partial charge in [-0.15, -0.1) is 0 Å². The average Bonchev–Trinajstić information content (AvgIpc) is 3.25. The van der Waals surface area contributed by atoms with E-state index in [0.29, 0.717) is 24.7 Å². The zero-order valence-electron chi connectivity index (χ0n) is 15.4. The van der Waals surface area contributed by atoms with Gasteiger partial charge in [-0.3, -0.25) is 4.99 Å². The number of fused-ring (bicyclic) bond motifs is 1. The predicted octanol–water partition coefficient (Wildman–Crippen LogP) is 2.52. The van der Waals surface area contributed by atoms with Crippen LogP contribution in [0.5, 0.6) is 0 Å². The molecule has 0 saturated carbocycles. The molecule has 0 saturated heterocycles. The van der Waals surface area contributed by atoms with E-state index in [2.05, 4.69) is 73.8 Å². The Morgan fingerprint density at radius 3 is 2.92 bits per heavy atom. The Hall–Kier alpha value is -2.83. The summed E-state index contributed by atoms with van der Waals surface area (Å²) < 4.78 is 7.40. The van der Waals surface area contributed by atoms with Crippen LogP contribution in [0.1, 0.15) is 25.1 Å². The van der Waals surface area contributed by atoms with Crippen molar-refractivity contribution < 1.29 is 4.52 Å². The number of para-hydroxylation sites is 1. The molecule has 0 atom stereocenters. The number of rotatable bonds is 8. The van der Waals surface area contributed by atoms with Gasteiger partial charge in [0.1, 0.15) is 0 Å². The van der Waals surface area contributed by atoms with Crippen LogP contribution in [-0.2, 0) is 13.0 Å². The third kappa shape index (κ3) is 4.84. The van der Waals surface area contributed by atoms with Crippen molar-refractivity contribution in [2.75, 3.05) is 19.6 Å². The Labute approximate surface area is 153 Å². The molecule has 0 spiro atoms. The molecule has 0 radical (unpaired) electrons. The molecule has 3 rings (SSSR count). The van der Waals surface area contributed by atoms with Crippen LogP contribution in [0.25, 0.3) is 10.9 Å². The number of benzene rings is 1. The summed E-state index contributed by atoms with van der Waals surface area (Å²) in [4.78, 5) is 8.85. The molecule has 0 aliphatic carbocycles. The Bertz CT molecular complexity index is 850. The van der Waals surface area contributed by atoms with Crippen molar-refractivity contribution in [1.29, 1.82) is 0 Å². The molecule has 3 aromatic rings. The largest absolute Gasteiger partial charge is 0.357 e. The minimum atomic E-state index is 0.644. The molecular weight excluding hydrogens is 328 g/mol. The van der Waals surface area contributed by atoms with E-state index in [1.54, 1.807) is 0 Å². The fourth-order valence-electron chi connectivity index (χ4n) is 2.84. The van der Waals surface area contributed by atoms with E-state index in [4.69, 9.17) is 4.52 Å². The summed E-state index contributed by atoms with van der Waals surface area (Å²) in [7, 11) is 0. The van der Waals surface area contributed by atoms with Gasteiger partial charge in [-0.2, -0.15) is 4.98 Å². The molecule has 0 aliphatic rings. The SMILES string of the molecule is CCNC(=NCCCn1ccc2ccccc21)NCCc1nc(C)no1. The fourth-order valence-corrected chi connectivity index (χ4v) is 2.84. The summed E-state index contributed by atoms with van der Waals surface area (Å²) in [6, 6.07) is 10.6. The molecule has 0 fully saturated rings. The van der Waals surface area contributed by atoms with Crippen molar-refractivity contribution in [2.45, 2.75) is 33.2 Å². The van der Waals surface area contributed by atoms with E-state index in [0.717, 1.165) is 32.0 Å². The lowest BCUT2D eigenvalue weighted by Crippen LogP contribution is -2.38. The molecule has 1 aromatic carbocycles. The summed E-state index contributed by atoms with van der Waals surface area (Å²) in [5.74, 6) is 2.13. The van der Waals surface area contributed by atoms with Gasteiger partial charge in [-0.1, -0.05) is 23.4 Å². The van der Waals surface area contributed by atoms with Crippen molar-refractivity contribution in [3.8, 4) is 0 Å². The Kier molecular flexibility index (Phi) is 6.24. The third-order valence-electron chi connectivity index (χ3n) is 4.05. The van der Waals surface area contributed by atoms with Crippen LogP contribution < -0.4 is 10.6 Å². The van der Waals surface area contributed by atoms with Crippen LogP contribution in [0.4, 0.5) is 0 Å². The van der Waals surface area contributed by atoms with Crippen molar-refractivity contribution in [2.24, 2.45) is 4.99 Å². The van der Waals surface area contributed by atoms with E-state index < -0.39 is 0 Å². The van der Waals surface area contributed by atoms with Crippen LogP contribution in [0.3, 0.4) is 0 Å². The molecule has 0 unspecified atom stereocenters. The van der Waals surface area contributed by atoms with Crippen molar-refractivity contribution >= 4 is 16.9 Å². The van der Waals surface area contributed by atoms with Crippen LogP contribution >= 0.6 is 0 Å². The molecular formula is C19H26N6O. The number of guanidine groups is 1. The van der Waals surface area contributed by atoms with Crippen molar-refractivity contribution in [3.05, 3.63) is 48.2 Å². The van der Waals surface area contributed by atoms with Gasteiger partial charge in [0.2, 0.25) is 5.89 Å². The van der Waals surface area contributed by atoms with Gasteiger partial charge in [-0.05, 0) is 37.8 Å². The van der Waals surface area contributed by atoms with Crippen LogP contribution in [0, 0.1) is 6.92 Å². The van der Waals surface area contributed by atoms with E-state index in [-0.39, 0.29) is 0 Å². The highest BCUT2D eigenvalue weighted by atomic mass is 16.5. The average molecular weight is 354 g/mol. The Morgan fingerprint density at radius 2 is 2.12 bits per heavy atom. The minimum Gasteiger partial charge on any atom is -0.357 e. The van der Waals surface area contributed by atoms with Gasteiger partial charge in [0, 0.05) is 44.3 Å². The molecule has 2 N–H and O–H groups in total. The van der Waals surface area contributed by atoms with Crippen LogP contribution in [-0.4, -0.2) is 40.3 Å². The number of nitrogens with zero attached hydrogens (tertiary/aromatic N) is 4. The van der Waals surface area contributed by atoms with Gasteiger partial charge < -0.3 is 19.7 Å². The number of aliphatic imine (C=N–C) groups is 1. The molecule has 0 amide bonds. The second kappa shape index (κ2) is 9.03. The highest BCUT2D eigenvalue weighted by Crippen LogP contribution is 2.15. The van der Waals surface area contributed by atoms with Gasteiger partial charge in [-0.25, -0.2) is 0 Å². The predicted molar refractivity (Wildman–Crippen MR) is 103 cm³/mol. The zero-order valence-corrected chi connectivity index (χ0v) is 15.4. The highest BCUT2D eigenvalue weighted by molar-refractivity contribution is 5.80. The first-order chi connectivity index (χ1) is 12.8. The molecule has 2 aromatic heterocycles. The fraction of sp³-hybridized carbons (Fsp3) is 0.421. The van der Waals surface area contributed by atoms with E-state index in [1.165, 1.54) is 10.9 Å². The van der Waals surface area contributed by atoms with Gasteiger partial charge in [0.05, 0.1) is 0 Å². The van der Waals surface area contributed by atoms with Gasteiger partial charge in [0.25, 0.3) is 0 Å². The highest BCUT2D eigenvalue weighted by Gasteiger charge is 2.03. The first kappa shape index (κ1) is 18.0. The quantitative estimate of drug-likeness (QED) is 0.369. The molecule has 138 valence electrons. The number of nitrogens with one attached hydrogen (secondary N) is 2. The summed E-state index contributed by atoms with van der Waals surface area (Å²) in [6.07, 6.45) is 3.81. The summed E-state index contributed by atoms with van der Waals surface area (Å²) in [6.45, 7) is 7.13. The normalized spacial score (nSPS) is 11.8. The molecule has 7 heteroatoms. The lowest BCUT2D eigenvalue weighted by molar-refractivity contribution is 0.374. The molecule has 0 bridgehead atoms. The Balaban J connectivity index is 1.46. The zero-order chi connectivity index (χ0) is 18.2. The minimum absolute atomic E-state index is 0.644. The number of aromatic nitrogens is 3. The maximum Gasteiger partial charge on any atom is 0.228 e. The Morgan fingerprint density at radius 1 is 1.23 bits per heavy atom. The van der Waals surface area contributed by atoms with Crippen LogP contribution in [0.15, 0.2) is 46.0 Å². The topological polar surface area (TPSA) is 80.3 Å². The maximum atomic E-state index is 5.12. The second-order valence-electron chi connectivity index (χ2n) is 6.09. The molecule has 2 heterocycles. The van der Waals surface area contributed by atoms with Gasteiger partial charge in [0.15, 0.2) is 11.8 Å². The summed E-state index contributed by atoms with van der Waals surface area (Å²) >= 11 is 0. The first-order valence-corrected chi connectivity index (χ1v) is 9.11. The second-order valence-corrected chi connectivity index (χ2v) is 6.09. The third-order valence-corrected chi connectivity index (χ3v) is 4.05. The number of hydrogen-bond donors (Lipinski definition) is 2. The first-order valence-electron chi connectivity index (χ1n) is 9.11. The summed E-state index contributed by atoms with van der Waals surface area (Å²) in [5, 5.41) is 11.6. The lowest BCUT2D eigenvalue weighted by Gasteiger charge is -2.10. The smallest absolute Gasteiger partial charge is 0.228 e. The molecule has 0 aliphatic heterocycles. The maximum absolute atomic E-state index is 5.12. The lowest BCUT2D eigenvalue weighted by atomic mass is 10.2.